The van der Waals surface area contributed by atoms with Crippen LogP contribution in [0.2, 0.25) is 0 Å². The number of nitrogens with zero attached hydrogens (tertiary/aromatic N) is 2. The molecule has 0 aliphatic carbocycles. The highest BCUT2D eigenvalue weighted by Gasteiger charge is 2.21. The fourth-order valence-corrected chi connectivity index (χ4v) is 5.20. The van der Waals surface area contributed by atoms with E-state index in [2.05, 4.69) is 15.3 Å². The Bertz CT molecular complexity index is 1950. The Morgan fingerprint density at radius 3 is 2.30 bits per heavy atom. The number of aromatic nitrogens is 2. The lowest BCUT2D eigenvalue weighted by molar-refractivity contribution is 0.0593. The van der Waals surface area contributed by atoms with Gasteiger partial charge >= 0.3 is 5.97 Å². The van der Waals surface area contributed by atoms with Gasteiger partial charge in [-0.3, -0.25) is 4.79 Å². The molecule has 0 aliphatic heterocycles. The second-order valence-corrected chi connectivity index (χ2v) is 10.8. The minimum atomic E-state index is -0.582. The number of aryl methyl sites for hydroxylation is 1. The van der Waals surface area contributed by atoms with E-state index < -0.39 is 5.97 Å². The first kappa shape index (κ1) is 31.0. The Balaban J connectivity index is 1.19. The Labute approximate surface area is 272 Å². The molecular formula is C38H33N3O6. The van der Waals surface area contributed by atoms with Crippen LogP contribution in [0.4, 0.5) is 5.69 Å². The lowest BCUT2D eigenvalue weighted by Gasteiger charge is -2.21. The summed E-state index contributed by atoms with van der Waals surface area (Å²) >= 11 is 0. The summed E-state index contributed by atoms with van der Waals surface area (Å²) < 4.78 is 22.4. The molecule has 9 heteroatoms. The van der Waals surface area contributed by atoms with Crippen LogP contribution in [0.5, 0.6) is 5.75 Å². The number of carbonyl (C=O) groups excluding carboxylic acids is 2. The first-order chi connectivity index (χ1) is 23.0. The van der Waals surface area contributed by atoms with Crippen LogP contribution in [-0.2, 0) is 17.6 Å². The molecule has 0 spiro atoms. The molecule has 1 N–H and O–H groups in total. The zero-order valence-electron chi connectivity index (χ0n) is 26.0. The van der Waals surface area contributed by atoms with Gasteiger partial charge in [-0.05, 0) is 48.9 Å². The van der Waals surface area contributed by atoms with Crippen molar-refractivity contribution >= 4 is 17.4 Å². The predicted octanol–water partition coefficient (Wildman–Crippen LogP) is 7.67. The van der Waals surface area contributed by atoms with Gasteiger partial charge in [-0.15, -0.1) is 0 Å². The maximum atomic E-state index is 13.4. The van der Waals surface area contributed by atoms with Crippen molar-refractivity contribution in [2.24, 2.45) is 0 Å². The molecule has 0 amide bonds. The highest BCUT2D eigenvalue weighted by molar-refractivity contribution is 6.12. The number of rotatable bonds is 13. The molecule has 47 heavy (non-hydrogen) atoms. The molecule has 9 nitrogen and oxygen atoms in total. The van der Waals surface area contributed by atoms with E-state index >= 15 is 0 Å². The monoisotopic (exact) mass is 627 g/mol. The number of hydrogen-bond donors (Lipinski definition) is 1. The minimum absolute atomic E-state index is 0.0860. The van der Waals surface area contributed by atoms with Crippen molar-refractivity contribution in [1.82, 2.24) is 9.97 Å². The molecule has 1 atom stereocenters. The number of oxazole rings is 2. The second kappa shape index (κ2) is 14.4. The van der Waals surface area contributed by atoms with Gasteiger partial charge in [-0.1, -0.05) is 72.8 Å². The molecule has 4 aromatic carbocycles. The number of esters is 1. The van der Waals surface area contributed by atoms with Crippen LogP contribution in [0, 0.1) is 6.92 Å². The number of para-hydroxylation sites is 1. The highest BCUT2D eigenvalue weighted by Crippen LogP contribution is 2.29. The van der Waals surface area contributed by atoms with E-state index in [4.69, 9.17) is 18.3 Å². The normalized spacial score (nSPS) is 11.5. The van der Waals surface area contributed by atoms with Gasteiger partial charge in [0.05, 0.1) is 25.5 Å². The first-order valence-corrected chi connectivity index (χ1v) is 15.2. The van der Waals surface area contributed by atoms with Crippen LogP contribution in [0.3, 0.4) is 0 Å². The zero-order chi connectivity index (χ0) is 32.6. The summed E-state index contributed by atoms with van der Waals surface area (Å²) in [6, 6.07) is 33.6. The maximum Gasteiger partial charge on any atom is 0.360 e. The number of hydrogen-bond acceptors (Lipinski definition) is 9. The van der Waals surface area contributed by atoms with Gasteiger partial charge in [0.2, 0.25) is 5.89 Å². The third-order valence-electron chi connectivity index (χ3n) is 7.67. The Hall–Kier alpha value is -5.96. The zero-order valence-corrected chi connectivity index (χ0v) is 26.0. The summed E-state index contributed by atoms with van der Waals surface area (Å²) in [4.78, 5) is 34.4. The van der Waals surface area contributed by atoms with Gasteiger partial charge in [0.1, 0.15) is 17.8 Å². The number of anilines is 1. The van der Waals surface area contributed by atoms with E-state index in [0.717, 1.165) is 22.6 Å². The van der Waals surface area contributed by atoms with E-state index in [-0.39, 0.29) is 17.5 Å². The average Bonchev–Trinajstić information content (AvgIpc) is 3.75. The fraction of sp³-hybridized carbons (Fsp3) is 0.158. The van der Waals surface area contributed by atoms with Crippen molar-refractivity contribution in [3.8, 4) is 17.2 Å². The van der Waals surface area contributed by atoms with Crippen LogP contribution in [0.25, 0.3) is 11.5 Å². The summed E-state index contributed by atoms with van der Waals surface area (Å²) in [5.74, 6) is 1.72. The summed E-state index contributed by atoms with van der Waals surface area (Å²) in [5, 5.41) is 3.53. The van der Waals surface area contributed by atoms with Gasteiger partial charge in [0, 0.05) is 35.2 Å². The topological polar surface area (TPSA) is 117 Å². The van der Waals surface area contributed by atoms with Crippen LogP contribution in [0.1, 0.15) is 55.4 Å². The van der Waals surface area contributed by atoms with Crippen molar-refractivity contribution in [3.05, 3.63) is 155 Å². The van der Waals surface area contributed by atoms with Crippen LogP contribution >= 0.6 is 0 Å². The number of ketones is 1. The van der Waals surface area contributed by atoms with Crippen molar-refractivity contribution in [1.29, 1.82) is 0 Å². The van der Waals surface area contributed by atoms with Crippen LogP contribution in [-0.4, -0.2) is 35.4 Å². The van der Waals surface area contributed by atoms with E-state index in [0.29, 0.717) is 53.8 Å². The molecule has 0 saturated carbocycles. The molecule has 6 aromatic rings. The summed E-state index contributed by atoms with van der Waals surface area (Å²) in [7, 11) is 1.29. The SMILES string of the molecule is COC(=O)c1coc(C[C@H](Nc2ccccc2C(=O)c2ccccc2)c2ccc(OCCc3nc(-c4ccccc4)oc3C)cc2)n1. The molecule has 2 heterocycles. The molecule has 2 aromatic heterocycles. The third kappa shape index (κ3) is 7.48. The highest BCUT2D eigenvalue weighted by atomic mass is 16.5. The lowest BCUT2D eigenvalue weighted by atomic mass is 9.99. The predicted molar refractivity (Wildman–Crippen MR) is 177 cm³/mol. The fourth-order valence-electron chi connectivity index (χ4n) is 5.20. The number of nitrogens with one attached hydrogen (secondary N) is 1. The van der Waals surface area contributed by atoms with Crippen molar-refractivity contribution in [2.75, 3.05) is 19.0 Å². The molecule has 6 rings (SSSR count). The van der Waals surface area contributed by atoms with Crippen LogP contribution in [0.15, 0.2) is 124 Å². The smallest absolute Gasteiger partial charge is 0.360 e. The summed E-state index contributed by atoms with van der Waals surface area (Å²) in [6.45, 7) is 2.33. The second-order valence-electron chi connectivity index (χ2n) is 10.8. The third-order valence-corrected chi connectivity index (χ3v) is 7.67. The Morgan fingerprint density at radius 1 is 0.851 bits per heavy atom. The number of benzene rings is 4. The van der Waals surface area contributed by atoms with E-state index in [9.17, 15) is 9.59 Å². The van der Waals surface area contributed by atoms with E-state index in [1.165, 1.54) is 13.4 Å². The number of carbonyl (C=O) groups is 2. The maximum absolute atomic E-state index is 13.4. The molecule has 0 fully saturated rings. The number of ether oxygens (including phenoxy) is 2. The van der Waals surface area contributed by atoms with Crippen molar-refractivity contribution < 1.29 is 27.9 Å². The molecule has 0 unspecified atom stereocenters. The van der Waals surface area contributed by atoms with E-state index in [1.807, 2.05) is 97.9 Å². The Morgan fingerprint density at radius 2 is 1.55 bits per heavy atom. The Kier molecular flexibility index (Phi) is 9.53. The van der Waals surface area contributed by atoms with E-state index in [1.54, 1.807) is 18.2 Å². The average molecular weight is 628 g/mol. The van der Waals surface area contributed by atoms with Gasteiger partial charge in [-0.2, -0.15) is 0 Å². The molecule has 236 valence electrons. The van der Waals surface area contributed by atoms with Gasteiger partial charge in [0.15, 0.2) is 17.4 Å². The van der Waals surface area contributed by atoms with Gasteiger partial charge in [-0.25, -0.2) is 14.8 Å². The van der Waals surface area contributed by atoms with Crippen molar-refractivity contribution in [2.45, 2.75) is 25.8 Å². The van der Waals surface area contributed by atoms with Gasteiger partial charge in [0.25, 0.3) is 0 Å². The lowest BCUT2D eigenvalue weighted by Crippen LogP contribution is -2.17. The molecule has 0 radical (unpaired) electrons. The summed E-state index contributed by atoms with van der Waals surface area (Å²) in [5.41, 5.74) is 4.55. The molecule has 0 aliphatic rings. The molecule has 0 bridgehead atoms. The molecule has 0 saturated heterocycles. The number of methoxy groups -OCH3 is 1. The van der Waals surface area contributed by atoms with Crippen LogP contribution < -0.4 is 10.1 Å². The quantitative estimate of drug-likeness (QED) is 0.102. The largest absolute Gasteiger partial charge is 0.493 e. The van der Waals surface area contributed by atoms with Crippen molar-refractivity contribution in [3.63, 3.8) is 0 Å². The molecular weight excluding hydrogens is 594 g/mol. The first-order valence-electron chi connectivity index (χ1n) is 15.2. The summed E-state index contributed by atoms with van der Waals surface area (Å²) in [6.07, 6.45) is 2.16. The van der Waals surface area contributed by atoms with Gasteiger partial charge < -0.3 is 23.6 Å². The minimum Gasteiger partial charge on any atom is -0.493 e. The standard InChI is InChI=1S/C38H33N3O6/c1-25-31(41-37(47-25)28-13-7-4-8-14-28)21-22-45-29-19-17-26(18-20-29)33(23-35-40-34(24-46-35)38(43)44-2)39-32-16-10-9-15-30(32)36(42)27-11-5-3-6-12-27/h3-20,24,33,39H,21-23H2,1-2H3/t33-/m0/s1.